The summed E-state index contributed by atoms with van der Waals surface area (Å²) in [6.45, 7) is 5.52. The number of hydrogen-bond donors (Lipinski definition) is 2. The lowest BCUT2D eigenvalue weighted by Gasteiger charge is -2.33. The molecule has 1 aromatic heterocycles. The maximum atomic E-state index is 12.0. The molecule has 2 rings (SSSR count). The minimum Gasteiger partial charge on any atom is -0.444 e. The van der Waals surface area contributed by atoms with Crippen molar-refractivity contribution in [3.8, 4) is 6.07 Å². The molecule has 1 unspecified atom stereocenters. The number of hydrogen-bond acceptors (Lipinski definition) is 5. The fourth-order valence-electron chi connectivity index (χ4n) is 2.72. The Bertz CT molecular complexity index is 636. The Morgan fingerprint density at radius 3 is 2.62 bits per heavy atom. The lowest BCUT2D eigenvalue weighted by atomic mass is 9.90. The van der Waals surface area contributed by atoms with Crippen molar-refractivity contribution in [1.82, 2.24) is 10.3 Å². The van der Waals surface area contributed by atoms with Gasteiger partial charge in [-0.15, -0.1) is 0 Å². The zero-order chi connectivity index (χ0) is 17.7. The van der Waals surface area contributed by atoms with Crippen molar-refractivity contribution in [1.29, 1.82) is 5.26 Å². The molecule has 6 nitrogen and oxygen atoms in total. The van der Waals surface area contributed by atoms with Crippen LogP contribution in [-0.4, -0.2) is 28.8 Å². The molecule has 1 aliphatic carbocycles. The summed E-state index contributed by atoms with van der Waals surface area (Å²) in [4.78, 5) is 16.2. The first-order valence-corrected chi connectivity index (χ1v) is 8.48. The Morgan fingerprint density at radius 2 is 2.04 bits per heavy atom. The first-order valence-electron chi connectivity index (χ1n) is 8.10. The Kier molecular flexibility index (Phi) is 5.89. The van der Waals surface area contributed by atoms with Gasteiger partial charge in [-0.3, -0.25) is 0 Å². The second kappa shape index (κ2) is 7.71. The van der Waals surface area contributed by atoms with E-state index in [2.05, 4.69) is 15.6 Å². The van der Waals surface area contributed by atoms with Gasteiger partial charge in [0, 0.05) is 18.3 Å². The molecule has 2 N–H and O–H groups in total. The van der Waals surface area contributed by atoms with Crippen molar-refractivity contribution >= 4 is 23.5 Å². The van der Waals surface area contributed by atoms with Gasteiger partial charge in [-0.25, -0.2) is 9.78 Å². The van der Waals surface area contributed by atoms with Crippen LogP contribution in [0.25, 0.3) is 0 Å². The number of anilines is 1. The van der Waals surface area contributed by atoms with E-state index in [1.54, 1.807) is 6.07 Å². The van der Waals surface area contributed by atoms with Crippen LogP contribution in [0.5, 0.6) is 0 Å². The number of aromatic nitrogens is 1. The summed E-state index contributed by atoms with van der Waals surface area (Å²) in [6, 6.07) is 3.63. The van der Waals surface area contributed by atoms with Gasteiger partial charge in [-0.1, -0.05) is 24.4 Å². The summed E-state index contributed by atoms with van der Waals surface area (Å²) >= 11 is 6.05. The molecule has 1 fully saturated rings. The maximum absolute atomic E-state index is 12.0. The molecule has 0 bridgehead atoms. The number of amides is 1. The molecule has 7 heteroatoms. The summed E-state index contributed by atoms with van der Waals surface area (Å²) in [7, 11) is 0. The highest BCUT2D eigenvalue weighted by molar-refractivity contribution is 6.31. The average Bonchev–Trinajstić information content (AvgIpc) is 2.47. The summed E-state index contributed by atoms with van der Waals surface area (Å²) in [5.74, 6) is 0.599. The maximum Gasteiger partial charge on any atom is 0.407 e. The Morgan fingerprint density at radius 1 is 1.38 bits per heavy atom. The minimum absolute atomic E-state index is 0.0372. The highest BCUT2D eigenvalue weighted by atomic mass is 35.5. The van der Waals surface area contributed by atoms with Crippen LogP contribution in [0.3, 0.4) is 0 Å². The average molecular weight is 351 g/mol. The second-order valence-electron chi connectivity index (χ2n) is 6.95. The van der Waals surface area contributed by atoms with Gasteiger partial charge in [0.15, 0.2) is 0 Å². The van der Waals surface area contributed by atoms with Crippen molar-refractivity contribution in [2.45, 2.75) is 64.1 Å². The summed E-state index contributed by atoms with van der Waals surface area (Å²) in [5, 5.41) is 15.5. The van der Waals surface area contributed by atoms with Crippen LogP contribution < -0.4 is 10.6 Å². The zero-order valence-corrected chi connectivity index (χ0v) is 15.0. The number of rotatable bonds is 3. The number of alkyl carbamates (subject to hydrolysis) is 1. The first kappa shape index (κ1) is 18.3. The van der Waals surface area contributed by atoms with Crippen molar-refractivity contribution < 1.29 is 9.53 Å². The SMILES string of the molecule is CC(C)(C)OC(=O)NC1CCCC[C@H]1Nc1cc(Cl)c(C#N)cn1. The van der Waals surface area contributed by atoms with E-state index in [1.807, 2.05) is 26.8 Å². The minimum atomic E-state index is -0.524. The van der Waals surface area contributed by atoms with Crippen molar-refractivity contribution in [3.05, 3.63) is 22.8 Å². The van der Waals surface area contributed by atoms with E-state index in [0.29, 0.717) is 16.4 Å². The molecule has 0 spiro atoms. The van der Waals surface area contributed by atoms with E-state index in [4.69, 9.17) is 21.6 Å². The van der Waals surface area contributed by atoms with Gasteiger partial charge < -0.3 is 15.4 Å². The molecule has 1 heterocycles. The van der Waals surface area contributed by atoms with E-state index in [0.717, 1.165) is 25.7 Å². The molecule has 0 radical (unpaired) electrons. The molecule has 130 valence electrons. The number of nitriles is 1. The predicted octanol–water partition coefficient (Wildman–Crippen LogP) is 3.85. The van der Waals surface area contributed by atoms with Crippen LogP contribution in [0.15, 0.2) is 12.3 Å². The van der Waals surface area contributed by atoms with Crippen LogP contribution in [-0.2, 0) is 4.74 Å². The predicted molar refractivity (Wildman–Crippen MR) is 93.0 cm³/mol. The van der Waals surface area contributed by atoms with Crippen LogP contribution in [0.4, 0.5) is 10.6 Å². The number of ether oxygens (including phenoxy) is 1. The molecule has 1 amide bonds. The van der Waals surface area contributed by atoms with E-state index >= 15 is 0 Å². The second-order valence-corrected chi connectivity index (χ2v) is 7.36. The topological polar surface area (TPSA) is 87.0 Å². The molecule has 1 aromatic rings. The number of halogens is 1. The molecular weight excluding hydrogens is 328 g/mol. The highest BCUT2D eigenvalue weighted by Crippen LogP contribution is 2.24. The van der Waals surface area contributed by atoms with Crippen LogP contribution >= 0.6 is 11.6 Å². The molecular formula is C17H23ClN4O2. The van der Waals surface area contributed by atoms with Gasteiger partial charge in [0.1, 0.15) is 17.5 Å². The standard InChI is InChI=1S/C17H23ClN4O2/c1-17(2,3)24-16(23)22-14-7-5-4-6-13(14)21-15-8-12(18)11(9-19)10-20-15/h8,10,13-14H,4-7H2,1-3H3,(H,20,21)(H,22,23)/t13-,14?/m1/s1. The number of nitrogens with one attached hydrogen (secondary N) is 2. The molecule has 1 saturated carbocycles. The van der Waals surface area contributed by atoms with E-state index in [1.165, 1.54) is 6.20 Å². The molecule has 0 aromatic carbocycles. The van der Waals surface area contributed by atoms with E-state index in [9.17, 15) is 4.79 Å². The van der Waals surface area contributed by atoms with E-state index < -0.39 is 11.7 Å². The molecule has 24 heavy (non-hydrogen) atoms. The van der Waals surface area contributed by atoms with Gasteiger partial charge in [0.05, 0.1) is 16.6 Å². The zero-order valence-electron chi connectivity index (χ0n) is 14.2. The smallest absolute Gasteiger partial charge is 0.407 e. The van der Waals surface area contributed by atoms with Gasteiger partial charge in [-0.05, 0) is 33.6 Å². The number of carbonyl (C=O) groups excluding carboxylic acids is 1. The third-order valence-corrected chi connectivity index (χ3v) is 4.09. The van der Waals surface area contributed by atoms with Crippen LogP contribution in [0, 0.1) is 11.3 Å². The fourth-order valence-corrected chi connectivity index (χ4v) is 2.91. The van der Waals surface area contributed by atoms with Crippen molar-refractivity contribution in [2.24, 2.45) is 0 Å². The Labute approximate surface area is 147 Å². The van der Waals surface area contributed by atoms with E-state index in [-0.39, 0.29) is 12.1 Å². The molecule has 1 aliphatic rings. The summed E-state index contributed by atoms with van der Waals surface area (Å²) < 4.78 is 5.34. The number of carbonyl (C=O) groups is 1. The first-order chi connectivity index (χ1) is 11.3. The van der Waals surface area contributed by atoms with Crippen molar-refractivity contribution in [2.75, 3.05) is 5.32 Å². The Hall–Kier alpha value is -2.00. The van der Waals surface area contributed by atoms with Gasteiger partial charge in [0.25, 0.3) is 0 Å². The lowest BCUT2D eigenvalue weighted by molar-refractivity contribution is 0.0488. The fraction of sp³-hybridized carbons (Fsp3) is 0.588. The van der Waals surface area contributed by atoms with Gasteiger partial charge >= 0.3 is 6.09 Å². The van der Waals surface area contributed by atoms with Gasteiger partial charge in [-0.2, -0.15) is 5.26 Å². The molecule has 2 atom stereocenters. The monoisotopic (exact) mass is 350 g/mol. The van der Waals surface area contributed by atoms with Crippen molar-refractivity contribution in [3.63, 3.8) is 0 Å². The third kappa shape index (κ3) is 5.27. The Balaban J connectivity index is 2.03. The summed E-state index contributed by atoms with van der Waals surface area (Å²) in [6.07, 6.45) is 4.96. The third-order valence-electron chi connectivity index (χ3n) is 3.78. The number of nitrogens with zero attached hydrogens (tertiary/aromatic N) is 2. The highest BCUT2D eigenvalue weighted by Gasteiger charge is 2.28. The largest absolute Gasteiger partial charge is 0.444 e. The lowest BCUT2D eigenvalue weighted by Crippen LogP contribution is -2.49. The normalized spacial score (nSPS) is 20.8. The quantitative estimate of drug-likeness (QED) is 0.864. The molecule has 0 aliphatic heterocycles. The van der Waals surface area contributed by atoms with Gasteiger partial charge in [0.2, 0.25) is 0 Å². The van der Waals surface area contributed by atoms with Crippen LogP contribution in [0.2, 0.25) is 5.02 Å². The van der Waals surface area contributed by atoms with Crippen LogP contribution in [0.1, 0.15) is 52.0 Å². The number of pyridine rings is 1. The molecule has 0 saturated heterocycles. The summed E-state index contributed by atoms with van der Waals surface area (Å²) in [5.41, 5.74) is -0.182.